The second-order valence-electron chi connectivity index (χ2n) is 6.59. The number of phosphoric acid groups is 3. The molecule has 0 radical (unpaired) electrons. The molecule has 0 amide bonds. The highest BCUT2D eigenvalue weighted by Gasteiger charge is 2.43. The van der Waals surface area contributed by atoms with Crippen molar-refractivity contribution in [3.63, 3.8) is 0 Å². The van der Waals surface area contributed by atoms with E-state index in [0.717, 1.165) is 0 Å². The maximum Gasteiger partial charge on any atom is 0.490 e. The monoisotopic (exact) mass is 562 g/mol. The number of nitrogens with zero attached hydrogens (tertiary/aromatic N) is 6. The molecule has 1 aliphatic rings. The Balaban J connectivity index is 1.76. The fourth-order valence-corrected chi connectivity index (χ4v) is 6.01. The van der Waals surface area contributed by atoms with E-state index in [1.54, 1.807) is 0 Å². The number of azide groups is 1. The Labute approximate surface area is 192 Å². The lowest BCUT2D eigenvalue weighted by Crippen LogP contribution is -2.29. The molecule has 2 aromatic heterocycles. The summed E-state index contributed by atoms with van der Waals surface area (Å²) in [6.45, 7) is -1.30. The highest BCUT2D eigenvalue weighted by Crippen LogP contribution is 2.66. The van der Waals surface area contributed by atoms with Gasteiger partial charge >= 0.3 is 23.5 Å². The van der Waals surface area contributed by atoms with Crippen LogP contribution in [-0.2, 0) is 36.3 Å². The standard InChI is InChI=1S/C11H17N8O13P3/c12-11-16-9-8(10(20)17-11)14-3-19(9)7-1-5(28-4-15-18-13)6(30-7)2-29-34(24,25)32-35(26,27)31-33(21,22)23/h3,5-7H,1-2,4H2,(H,24,25)(H,26,27)(H2,21,22,23)(H3,12,16,17,20)/t5?,6-,7-/m1/s1. The van der Waals surface area contributed by atoms with Crippen LogP contribution in [0.4, 0.5) is 5.95 Å². The third-order valence-corrected chi connectivity index (χ3v) is 7.97. The lowest BCUT2D eigenvalue weighted by Gasteiger charge is -2.20. The summed E-state index contributed by atoms with van der Waals surface area (Å²) in [6.07, 6.45) is -1.90. The molecule has 194 valence electrons. The van der Waals surface area contributed by atoms with Crippen LogP contribution in [0.25, 0.3) is 21.6 Å². The van der Waals surface area contributed by atoms with Crippen molar-refractivity contribution in [3.8, 4) is 0 Å². The van der Waals surface area contributed by atoms with Crippen molar-refractivity contribution in [1.82, 2.24) is 19.5 Å². The lowest BCUT2D eigenvalue weighted by atomic mass is 10.2. The minimum atomic E-state index is -5.72. The van der Waals surface area contributed by atoms with Crippen LogP contribution in [0.5, 0.6) is 0 Å². The first kappa shape index (κ1) is 27.4. The van der Waals surface area contributed by atoms with E-state index in [9.17, 15) is 28.3 Å². The van der Waals surface area contributed by atoms with Gasteiger partial charge in [0.2, 0.25) is 5.95 Å². The Morgan fingerprint density at radius 2 is 2.00 bits per heavy atom. The number of nitrogen functional groups attached to an aromatic ring is 1. The second-order valence-corrected chi connectivity index (χ2v) is 11.0. The summed E-state index contributed by atoms with van der Waals surface area (Å²) < 4.78 is 58.4. The predicted molar refractivity (Wildman–Crippen MR) is 110 cm³/mol. The molecule has 2 aromatic rings. The number of ether oxygens (including phenoxy) is 2. The van der Waals surface area contributed by atoms with Gasteiger partial charge in [0.05, 0.1) is 19.0 Å². The normalized spacial score (nSPS) is 24.1. The number of H-pyrrole nitrogens is 1. The van der Waals surface area contributed by atoms with Gasteiger partial charge in [-0.3, -0.25) is 18.9 Å². The zero-order valence-corrected chi connectivity index (χ0v) is 19.7. The van der Waals surface area contributed by atoms with Crippen molar-refractivity contribution < 1.29 is 55.9 Å². The van der Waals surface area contributed by atoms with Crippen LogP contribution in [-0.4, -0.2) is 64.6 Å². The molecule has 0 aliphatic carbocycles. The number of imidazole rings is 1. The summed E-state index contributed by atoms with van der Waals surface area (Å²) in [4.78, 5) is 60.7. The minimum absolute atomic E-state index is 0.00871. The molecule has 21 nitrogen and oxygen atoms in total. The van der Waals surface area contributed by atoms with E-state index in [1.165, 1.54) is 10.9 Å². The van der Waals surface area contributed by atoms with E-state index in [0.29, 0.717) is 0 Å². The van der Waals surface area contributed by atoms with Gasteiger partial charge in [0.25, 0.3) is 5.56 Å². The number of anilines is 1. The van der Waals surface area contributed by atoms with E-state index in [2.05, 4.69) is 38.1 Å². The quantitative estimate of drug-likeness (QED) is 0.0907. The van der Waals surface area contributed by atoms with E-state index in [1.807, 2.05) is 0 Å². The largest absolute Gasteiger partial charge is 0.490 e. The molecule has 0 saturated carbocycles. The summed E-state index contributed by atoms with van der Waals surface area (Å²) in [5.74, 6) is -0.206. The first-order valence-electron chi connectivity index (χ1n) is 8.98. The van der Waals surface area contributed by atoms with E-state index >= 15 is 0 Å². The molecule has 3 unspecified atom stereocenters. The van der Waals surface area contributed by atoms with Crippen LogP contribution in [0, 0.1) is 0 Å². The van der Waals surface area contributed by atoms with E-state index in [4.69, 9.17) is 30.5 Å². The fraction of sp³-hybridized carbons (Fsp3) is 0.545. The SMILES string of the molecule is [N-]=[N+]=NCOC1C[C@H](n2cnc3c(=O)[nH]c(N)nc32)O[C@@H]1COP(=O)(O)OP(=O)(O)OP(=O)(O)O. The third-order valence-electron chi connectivity index (χ3n) is 4.17. The Morgan fingerprint density at radius 1 is 1.29 bits per heavy atom. The molecule has 35 heavy (non-hydrogen) atoms. The Kier molecular flexibility index (Phi) is 8.15. The van der Waals surface area contributed by atoms with Crippen LogP contribution < -0.4 is 11.3 Å². The summed E-state index contributed by atoms with van der Waals surface area (Å²) >= 11 is 0. The molecule has 0 spiro atoms. The van der Waals surface area contributed by atoms with Crippen LogP contribution in [0.3, 0.4) is 0 Å². The number of nitrogens with two attached hydrogens (primary N) is 1. The molecule has 1 saturated heterocycles. The number of phosphoric ester groups is 1. The average molecular weight is 562 g/mol. The molecule has 7 N–H and O–H groups in total. The summed E-state index contributed by atoms with van der Waals surface area (Å²) in [7, 11) is -16.7. The second kappa shape index (κ2) is 10.4. The Bertz CT molecular complexity index is 1330. The first-order valence-corrected chi connectivity index (χ1v) is 13.5. The molecular weight excluding hydrogens is 545 g/mol. The van der Waals surface area contributed by atoms with Gasteiger partial charge in [0.15, 0.2) is 11.2 Å². The zero-order valence-electron chi connectivity index (χ0n) is 17.0. The van der Waals surface area contributed by atoms with Gasteiger partial charge in [-0.2, -0.15) is 13.6 Å². The fourth-order valence-electron chi connectivity index (χ4n) is 2.98. The van der Waals surface area contributed by atoms with Crippen LogP contribution in [0.2, 0.25) is 0 Å². The van der Waals surface area contributed by atoms with Crippen molar-refractivity contribution in [3.05, 3.63) is 27.1 Å². The minimum Gasteiger partial charge on any atom is -0.369 e. The summed E-state index contributed by atoms with van der Waals surface area (Å²) in [5.41, 5.74) is 13.3. The average Bonchev–Trinajstić information content (AvgIpc) is 3.28. The highest BCUT2D eigenvalue weighted by atomic mass is 31.3. The maximum atomic E-state index is 12.0. The molecule has 24 heteroatoms. The number of nitrogens with one attached hydrogen (secondary N) is 1. The van der Waals surface area contributed by atoms with Crippen molar-refractivity contribution in [2.45, 2.75) is 24.9 Å². The highest BCUT2D eigenvalue weighted by molar-refractivity contribution is 7.66. The summed E-state index contributed by atoms with van der Waals surface area (Å²) in [6, 6.07) is 0. The van der Waals surface area contributed by atoms with Gasteiger partial charge in [0, 0.05) is 11.3 Å². The van der Waals surface area contributed by atoms with E-state index < -0.39 is 60.8 Å². The van der Waals surface area contributed by atoms with Gasteiger partial charge in [-0.25, -0.2) is 18.7 Å². The molecule has 5 atom stereocenters. The third kappa shape index (κ3) is 7.39. The Hall–Kier alpha value is -2.21. The van der Waals surface area contributed by atoms with Crippen LogP contribution >= 0.6 is 23.5 Å². The van der Waals surface area contributed by atoms with E-state index in [-0.39, 0.29) is 23.5 Å². The van der Waals surface area contributed by atoms with Crippen molar-refractivity contribution >= 4 is 40.6 Å². The molecule has 1 fully saturated rings. The molecule has 3 heterocycles. The van der Waals surface area contributed by atoms with Gasteiger partial charge < -0.3 is 34.8 Å². The molecule has 3 rings (SSSR count). The van der Waals surface area contributed by atoms with Crippen molar-refractivity contribution in [2.75, 3.05) is 19.1 Å². The topological polar surface area (TPSA) is 317 Å². The number of fused-ring (bicyclic) bond motifs is 1. The Morgan fingerprint density at radius 3 is 2.66 bits per heavy atom. The molecule has 0 aromatic carbocycles. The van der Waals surface area contributed by atoms with Crippen LogP contribution in [0.15, 0.2) is 16.2 Å². The van der Waals surface area contributed by atoms with Crippen molar-refractivity contribution in [2.24, 2.45) is 5.11 Å². The van der Waals surface area contributed by atoms with Crippen molar-refractivity contribution in [1.29, 1.82) is 0 Å². The smallest absolute Gasteiger partial charge is 0.369 e. The van der Waals surface area contributed by atoms with Gasteiger partial charge in [-0.05, 0) is 5.53 Å². The molecular formula is C11H17N8O13P3. The first-order chi connectivity index (χ1) is 16.2. The van der Waals surface area contributed by atoms with Crippen LogP contribution in [0.1, 0.15) is 12.6 Å². The molecule has 0 bridgehead atoms. The number of hydrogen-bond acceptors (Lipinski definition) is 13. The van der Waals surface area contributed by atoms with Gasteiger partial charge in [-0.15, -0.1) is 0 Å². The number of rotatable bonds is 11. The zero-order chi connectivity index (χ0) is 26.0. The number of aromatic amines is 1. The van der Waals surface area contributed by atoms with Gasteiger partial charge in [0.1, 0.15) is 19.1 Å². The lowest BCUT2D eigenvalue weighted by molar-refractivity contribution is -0.0583. The predicted octanol–water partition coefficient (Wildman–Crippen LogP) is -0.0144. The number of aromatic nitrogens is 4. The maximum absolute atomic E-state index is 12.0. The molecule has 1 aliphatic heterocycles. The summed E-state index contributed by atoms with van der Waals surface area (Å²) in [5, 5.41) is 3.20. The van der Waals surface area contributed by atoms with Gasteiger partial charge in [-0.1, -0.05) is 5.11 Å². The number of hydrogen-bond donors (Lipinski definition) is 6.